The van der Waals surface area contributed by atoms with Gasteiger partial charge in [-0.1, -0.05) is 0 Å². The number of aromatic nitrogens is 2. The van der Waals surface area contributed by atoms with Crippen molar-refractivity contribution in [3.05, 3.63) is 22.1 Å². The number of hydrogen-bond acceptors (Lipinski definition) is 4. The molecule has 2 rings (SSSR count). The first-order valence-electron chi connectivity index (χ1n) is 6.20. The second-order valence-electron chi connectivity index (χ2n) is 4.44. The number of carbonyl (C=O) groups excluding carboxylic acids is 1. The van der Waals surface area contributed by atoms with Crippen LogP contribution in [0.5, 0.6) is 0 Å². The van der Waals surface area contributed by atoms with E-state index in [4.69, 9.17) is 0 Å². The van der Waals surface area contributed by atoms with Gasteiger partial charge in [0, 0.05) is 26.2 Å². The summed E-state index contributed by atoms with van der Waals surface area (Å²) in [4.78, 5) is 25.2. The minimum absolute atomic E-state index is 0.0104. The third-order valence-electron chi connectivity index (χ3n) is 3.17. The van der Waals surface area contributed by atoms with Gasteiger partial charge in [0.2, 0.25) is 5.91 Å². The van der Waals surface area contributed by atoms with Crippen molar-refractivity contribution >= 4 is 11.6 Å². The number of hydrogen-bond donors (Lipinski definition) is 1. The van der Waals surface area contributed by atoms with E-state index in [1.807, 2.05) is 6.92 Å². The predicted octanol–water partition coefficient (Wildman–Crippen LogP) is 0.0797. The first-order chi connectivity index (χ1) is 8.61. The summed E-state index contributed by atoms with van der Waals surface area (Å²) in [6.45, 7) is 3.40. The van der Waals surface area contributed by atoms with Crippen LogP contribution in [0.4, 0.5) is 5.69 Å². The van der Waals surface area contributed by atoms with Gasteiger partial charge in [-0.25, -0.2) is 4.68 Å². The smallest absolute Gasteiger partial charge is 0.269 e. The molecule has 6 nitrogen and oxygen atoms in total. The Balaban J connectivity index is 2.23. The molecule has 2 heterocycles. The van der Waals surface area contributed by atoms with Crippen LogP contribution < -0.4 is 10.9 Å². The van der Waals surface area contributed by atoms with Gasteiger partial charge in [-0.05, 0) is 19.8 Å². The molecule has 1 aliphatic heterocycles. The highest BCUT2D eigenvalue weighted by Crippen LogP contribution is 2.16. The highest BCUT2D eigenvalue weighted by Gasteiger charge is 2.15. The zero-order valence-corrected chi connectivity index (χ0v) is 10.8. The zero-order valence-electron chi connectivity index (χ0n) is 10.8. The predicted molar refractivity (Wildman–Crippen MR) is 68.6 cm³/mol. The van der Waals surface area contributed by atoms with E-state index in [0.717, 1.165) is 30.8 Å². The van der Waals surface area contributed by atoms with Crippen LogP contribution >= 0.6 is 0 Å². The van der Waals surface area contributed by atoms with Crippen LogP contribution in [0.3, 0.4) is 0 Å². The van der Waals surface area contributed by atoms with E-state index in [0.29, 0.717) is 6.54 Å². The maximum absolute atomic E-state index is 11.8. The molecule has 0 radical (unpaired) electrons. The van der Waals surface area contributed by atoms with Crippen LogP contribution in [0.2, 0.25) is 0 Å². The maximum atomic E-state index is 11.8. The van der Waals surface area contributed by atoms with Gasteiger partial charge in [0.05, 0.1) is 11.4 Å². The quantitative estimate of drug-likeness (QED) is 0.825. The Labute approximate surface area is 106 Å². The number of aryl methyl sites for hydroxylation is 1. The van der Waals surface area contributed by atoms with Gasteiger partial charge < -0.3 is 10.2 Å². The standard InChI is InChI=1S/C12H18N4O2/c1-3-15(2)12(18)8-16-11(17)7-10-9(14-16)5-4-6-13-10/h7,13H,3-6,8H2,1-2H3. The van der Waals surface area contributed by atoms with Crippen molar-refractivity contribution in [3.8, 4) is 0 Å². The molecule has 1 amide bonds. The summed E-state index contributed by atoms with van der Waals surface area (Å²) >= 11 is 0. The maximum Gasteiger partial charge on any atom is 0.269 e. The zero-order chi connectivity index (χ0) is 13.1. The number of nitrogens with one attached hydrogen (secondary N) is 1. The van der Waals surface area contributed by atoms with Crippen LogP contribution in [0.1, 0.15) is 19.0 Å². The lowest BCUT2D eigenvalue weighted by Gasteiger charge is -2.19. The molecule has 6 heteroatoms. The summed E-state index contributed by atoms with van der Waals surface area (Å²) in [5.41, 5.74) is 1.44. The largest absolute Gasteiger partial charge is 0.383 e. The van der Waals surface area contributed by atoms with Crippen molar-refractivity contribution in [1.82, 2.24) is 14.7 Å². The molecular weight excluding hydrogens is 232 g/mol. The second-order valence-corrected chi connectivity index (χ2v) is 4.44. The third-order valence-corrected chi connectivity index (χ3v) is 3.17. The van der Waals surface area contributed by atoms with Gasteiger partial charge in [-0.2, -0.15) is 5.10 Å². The first kappa shape index (κ1) is 12.6. The van der Waals surface area contributed by atoms with Crippen molar-refractivity contribution < 1.29 is 4.79 Å². The number of amides is 1. The molecule has 1 aliphatic rings. The molecule has 0 unspecified atom stereocenters. The number of carbonyl (C=O) groups is 1. The lowest BCUT2D eigenvalue weighted by atomic mass is 10.1. The SMILES string of the molecule is CCN(C)C(=O)Cn1nc2c(cc1=O)NCCC2. The number of likely N-dealkylation sites (N-methyl/N-ethyl adjacent to an activating group) is 1. The molecule has 0 saturated heterocycles. The van der Waals surface area contributed by atoms with Crippen molar-refractivity contribution in [3.63, 3.8) is 0 Å². The van der Waals surface area contributed by atoms with Gasteiger partial charge >= 0.3 is 0 Å². The fourth-order valence-corrected chi connectivity index (χ4v) is 1.89. The molecular formula is C12H18N4O2. The normalized spacial score (nSPS) is 13.7. The lowest BCUT2D eigenvalue weighted by Crippen LogP contribution is -2.35. The van der Waals surface area contributed by atoms with Crippen molar-refractivity contribution in [2.75, 3.05) is 25.5 Å². The van der Waals surface area contributed by atoms with Crippen LogP contribution in [0.25, 0.3) is 0 Å². The van der Waals surface area contributed by atoms with E-state index in [-0.39, 0.29) is 18.0 Å². The number of fused-ring (bicyclic) bond motifs is 1. The Kier molecular flexibility index (Phi) is 3.64. The number of anilines is 1. The van der Waals surface area contributed by atoms with Gasteiger partial charge in [-0.3, -0.25) is 9.59 Å². The Hall–Kier alpha value is -1.85. The van der Waals surface area contributed by atoms with E-state index in [9.17, 15) is 9.59 Å². The highest BCUT2D eigenvalue weighted by atomic mass is 16.2. The minimum Gasteiger partial charge on any atom is -0.383 e. The molecule has 0 spiro atoms. The van der Waals surface area contributed by atoms with Crippen molar-refractivity contribution in [1.29, 1.82) is 0 Å². The molecule has 0 saturated carbocycles. The topological polar surface area (TPSA) is 67.2 Å². The van der Waals surface area contributed by atoms with Crippen LogP contribution in [-0.2, 0) is 17.8 Å². The third kappa shape index (κ3) is 2.52. The van der Waals surface area contributed by atoms with Crippen LogP contribution in [0, 0.1) is 0 Å². The fraction of sp³-hybridized carbons (Fsp3) is 0.583. The molecule has 0 bridgehead atoms. The Bertz CT molecular complexity index is 509. The summed E-state index contributed by atoms with van der Waals surface area (Å²) in [5.74, 6) is -0.101. The molecule has 0 atom stereocenters. The average molecular weight is 250 g/mol. The van der Waals surface area contributed by atoms with Crippen molar-refractivity contribution in [2.45, 2.75) is 26.3 Å². The summed E-state index contributed by atoms with van der Waals surface area (Å²) in [5, 5.41) is 7.41. The van der Waals surface area contributed by atoms with Crippen LogP contribution in [0.15, 0.2) is 10.9 Å². The Morgan fingerprint density at radius 3 is 3.11 bits per heavy atom. The van der Waals surface area contributed by atoms with Gasteiger partial charge in [-0.15, -0.1) is 0 Å². The molecule has 98 valence electrons. The molecule has 1 N–H and O–H groups in total. The van der Waals surface area contributed by atoms with E-state index >= 15 is 0 Å². The van der Waals surface area contributed by atoms with E-state index in [2.05, 4.69) is 10.4 Å². The highest BCUT2D eigenvalue weighted by molar-refractivity contribution is 5.75. The Morgan fingerprint density at radius 2 is 2.39 bits per heavy atom. The van der Waals surface area contributed by atoms with Gasteiger partial charge in [0.15, 0.2) is 0 Å². The monoisotopic (exact) mass is 250 g/mol. The molecule has 18 heavy (non-hydrogen) atoms. The van der Waals surface area contributed by atoms with Crippen molar-refractivity contribution in [2.24, 2.45) is 0 Å². The lowest BCUT2D eigenvalue weighted by molar-refractivity contribution is -0.130. The fourth-order valence-electron chi connectivity index (χ4n) is 1.89. The van der Waals surface area contributed by atoms with Crippen LogP contribution in [-0.4, -0.2) is 40.7 Å². The molecule has 0 aromatic carbocycles. The second kappa shape index (κ2) is 5.20. The summed E-state index contributed by atoms with van der Waals surface area (Å²) in [7, 11) is 1.72. The van der Waals surface area contributed by atoms with E-state index < -0.39 is 0 Å². The van der Waals surface area contributed by atoms with Gasteiger partial charge in [0.1, 0.15) is 6.54 Å². The van der Waals surface area contributed by atoms with Gasteiger partial charge in [0.25, 0.3) is 5.56 Å². The molecule has 0 aliphatic carbocycles. The summed E-state index contributed by atoms with van der Waals surface area (Å²) in [6, 6.07) is 1.53. The minimum atomic E-state index is -0.235. The average Bonchev–Trinajstić information content (AvgIpc) is 2.38. The van der Waals surface area contributed by atoms with E-state index in [1.165, 1.54) is 10.7 Å². The number of nitrogens with zero attached hydrogens (tertiary/aromatic N) is 3. The van der Waals surface area contributed by atoms with E-state index in [1.54, 1.807) is 11.9 Å². The summed E-state index contributed by atoms with van der Waals surface area (Å²) < 4.78 is 1.25. The molecule has 1 aromatic rings. The summed E-state index contributed by atoms with van der Waals surface area (Å²) in [6.07, 6.45) is 1.85. The Morgan fingerprint density at radius 1 is 1.61 bits per heavy atom. The first-order valence-corrected chi connectivity index (χ1v) is 6.20. The molecule has 1 aromatic heterocycles. The number of rotatable bonds is 3. The molecule has 0 fully saturated rings.